The molecule has 16 heavy (non-hydrogen) atoms. The molecule has 0 unspecified atom stereocenters. The van der Waals surface area contributed by atoms with Gasteiger partial charge in [-0.2, -0.15) is 0 Å². The molecule has 3 heteroatoms. The first-order valence-electron chi connectivity index (χ1n) is 5.97. The minimum atomic E-state index is -0.202. The summed E-state index contributed by atoms with van der Waals surface area (Å²) in [5.74, 6) is 0. The summed E-state index contributed by atoms with van der Waals surface area (Å²) in [5.41, 5.74) is 0.133. The highest BCUT2D eigenvalue weighted by atomic mass is 16.6. The van der Waals surface area contributed by atoms with Crippen molar-refractivity contribution in [2.45, 2.75) is 48.5 Å². The quantitative estimate of drug-likeness (QED) is 0.741. The van der Waals surface area contributed by atoms with Gasteiger partial charge in [0.05, 0.1) is 6.61 Å². The molecule has 0 aromatic carbocycles. The van der Waals surface area contributed by atoms with Gasteiger partial charge in [0.25, 0.3) is 0 Å². The van der Waals surface area contributed by atoms with Gasteiger partial charge >= 0.3 is 6.09 Å². The topological polar surface area (TPSA) is 29.5 Å². The van der Waals surface area contributed by atoms with Gasteiger partial charge in [0.15, 0.2) is 0 Å². The number of hydrogen-bond donors (Lipinski definition) is 0. The molecule has 0 fully saturated rings. The van der Waals surface area contributed by atoms with Crippen LogP contribution in [0, 0.1) is 10.8 Å². The number of amides is 1. The van der Waals surface area contributed by atoms with E-state index in [2.05, 4.69) is 41.5 Å². The Morgan fingerprint density at radius 2 is 1.56 bits per heavy atom. The van der Waals surface area contributed by atoms with Crippen molar-refractivity contribution in [2.75, 3.05) is 19.7 Å². The maximum Gasteiger partial charge on any atom is 0.409 e. The normalized spacial score (nSPS) is 12.4. The molecule has 0 heterocycles. The Hall–Kier alpha value is -0.730. The van der Waals surface area contributed by atoms with Gasteiger partial charge in [0.2, 0.25) is 0 Å². The molecule has 96 valence electrons. The summed E-state index contributed by atoms with van der Waals surface area (Å²) in [6.07, 6.45) is -0.202. The molecule has 0 saturated heterocycles. The van der Waals surface area contributed by atoms with Crippen molar-refractivity contribution < 1.29 is 9.53 Å². The minimum Gasteiger partial charge on any atom is -0.449 e. The van der Waals surface area contributed by atoms with Gasteiger partial charge in [0.1, 0.15) is 0 Å². The van der Waals surface area contributed by atoms with Gasteiger partial charge in [0, 0.05) is 13.1 Å². The Morgan fingerprint density at radius 3 is 1.88 bits per heavy atom. The first-order chi connectivity index (χ1) is 7.05. The zero-order valence-corrected chi connectivity index (χ0v) is 11.9. The van der Waals surface area contributed by atoms with E-state index in [0.29, 0.717) is 13.2 Å². The van der Waals surface area contributed by atoms with E-state index in [9.17, 15) is 4.79 Å². The molecule has 0 spiro atoms. The van der Waals surface area contributed by atoms with Crippen molar-refractivity contribution in [1.29, 1.82) is 0 Å². The molecule has 0 aromatic heterocycles. The molecule has 0 aliphatic heterocycles. The van der Waals surface area contributed by atoms with E-state index in [1.165, 1.54) is 0 Å². The van der Waals surface area contributed by atoms with Crippen LogP contribution >= 0.6 is 0 Å². The van der Waals surface area contributed by atoms with E-state index in [0.717, 1.165) is 6.54 Å². The van der Waals surface area contributed by atoms with E-state index < -0.39 is 0 Å². The Balaban J connectivity index is 4.22. The van der Waals surface area contributed by atoms with Crippen LogP contribution < -0.4 is 0 Å². The van der Waals surface area contributed by atoms with Gasteiger partial charge in [-0.15, -0.1) is 0 Å². The fourth-order valence-corrected chi connectivity index (χ4v) is 1.25. The Bertz CT molecular complexity index is 223. The van der Waals surface area contributed by atoms with Crippen LogP contribution in [0.1, 0.15) is 48.5 Å². The molecule has 1 amide bonds. The van der Waals surface area contributed by atoms with Crippen LogP contribution in [0.5, 0.6) is 0 Å². The third-order valence-electron chi connectivity index (χ3n) is 1.93. The van der Waals surface area contributed by atoms with Gasteiger partial charge in [-0.1, -0.05) is 41.5 Å². The van der Waals surface area contributed by atoms with E-state index >= 15 is 0 Å². The van der Waals surface area contributed by atoms with E-state index in [-0.39, 0.29) is 16.9 Å². The summed E-state index contributed by atoms with van der Waals surface area (Å²) in [4.78, 5) is 13.6. The highest BCUT2D eigenvalue weighted by molar-refractivity contribution is 5.67. The predicted octanol–water partition coefficient (Wildman–Crippen LogP) is 3.54. The van der Waals surface area contributed by atoms with E-state index in [1.807, 2.05) is 6.92 Å². The molecule has 0 bridgehead atoms. The first kappa shape index (κ1) is 15.3. The van der Waals surface area contributed by atoms with Gasteiger partial charge in [-0.05, 0) is 17.8 Å². The highest BCUT2D eigenvalue weighted by Crippen LogP contribution is 2.17. The standard InChI is InChI=1S/C13H27NO2/c1-8-14(9-12(2,3)4)11(15)16-10-13(5,6)7/h8-10H2,1-7H3. The summed E-state index contributed by atoms with van der Waals surface area (Å²) in [6, 6.07) is 0. The number of carbonyl (C=O) groups is 1. The lowest BCUT2D eigenvalue weighted by atomic mass is 9.96. The van der Waals surface area contributed by atoms with Crippen LogP contribution in [-0.2, 0) is 4.74 Å². The third-order valence-corrected chi connectivity index (χ3v) is 1.93. The fraction of sp³-hybridized carbons (Fsp3) is 0.923. The van der Waals surface area contributed by atoms with Crippen molar-refractivity contribution in [2.24, 2.45) is 10.8 Å². The second-order valence-corrected chi connectivity index (χ2v) is 6.69. The van der Waals surface area contributed by atoms with Crippen molar-refractivity contribution in [3.8, 4) is 0 Å². The number of ether oxygens (including phenoxy) is 1. The average molecular weight is 229 g/mol. The summed E-state index contributed by atoms with van der Waals surface area (Å²) < 4.78 is 5.29. The Kier molecular flexibility index (Phi) is 5.30. The molecule has 0 N–H and O–H groups in total. The molecular weight excluding hydrogens is 202 g/mol. The lowest BCUT2D eigenvalue weighted by molar-refractivity contribution is 0.0646. The maximum atomic E-state index is 11.8. The largest absolute Gasteiger partial charge is 0.449 e. The second kappa shape index (κ2) is 5.55. The van der Waals surface area contributed by atoms with Crippen molar-refractivity contribution in [3.05, 3.63) is 0 Å². The SMILES string of the molecule is CCN(CC(C)(C)C)C(=O)OCC(C)(C)C. The van der Waals surface area contributed by atoms with Gasteiger partial charge in [-0.25, -0.2) is 4.79 Å². The van der Waals surface area contributed by atoms with Crippen LogP contribution in [0.4, 0.5) is 4.79 Å². The fourth-order valence-electron chi connectivity index (χ4n) is 1.25. The maximum absolute atomic E-state index is 11.8. The van der Waals surface area contributed by atoms with E-state index in [4.69, 9.17) is 4.74 Å². The lowest BCUT2D eigenvalue weighted by Crippen LogP contribution is -2.39. The number of carbonyl (C=O) groups excluding carboxylic acids is 1. The van der Waals surface area contributed by atoms with Crippen molar-refractivity contribution in [3.63, 3.8) is 0 Å². The molecule has 0 aromatic rings. The number of rotatable bonds is 3. The zero-order chi connectivity index (χ0) is 13.0. The third kappa shape index (κ3) is 7.55. The molecule has 0 atom stereocenters. The first-order valence-corrected chi connectivity index (χ1v) is 5.97. The van der Waals surface area contributed by atoms with E-state index in [1.54, 1.807) is 4.90 Å². The van der Waals surface area contributed by atoms with Gasteiger partial charge in [-0.3, -0.25) is 0 Å². The molecule has 0 saturated carbocycles. The van der Waals surface area contributed by atoms with Crippen molar-refractivity contribution >= 4 is 6.09 Å². The lowest BCUT2D eigenvalue weighted by Gasteiger charge is -2.29. The van der Waals surface area contributed by atoms with Crippen LogP contribution in [-0.4, -0.2) is 30.7 Å². The number of nitrogens with zero attached hydrogens (tertiary/aromatic N) is 1. The Morgan fingerprint density at radius 1 is 1.06 bits per heavy atom. The highest BCUT2D eigenvalue weighted by Gasteiger charge is 2.22. The summed E-state index contributed by atoms with van der Waals surface area (Å²) >= 11 is 0. The van der Waals surface area contributed by atoms with Crippen LogP contribution in [0.25, 0.3) is 0 Å². The predicted molar refractivity (Wildman–Crippen MR) is 67.5 cm³/mol. The van der Waals surface area contributed by atoms with Crippen molar-refractivity contribution in [1.82, 2.24) is 4.90 Å². The summed E-state index contributed by atoms with van der Waals surface area (Å²) in [7, 11) is 0. The van der Waals surface area contributed by atoms with Crippen LogP contribution in [0.15, 0.2) is 0 Å². The molecule has 0 aliphatic carbocycles. The molecular formula is C13H27NO2. The van der Waals surface area contributed by atoms with Gasteiger partial charge < -0.3 is 9.64 Å². The minimum absolute atomic E-state index is 0.0246. The Labute approximate surface area is 100 Å². The number of hydrogen-bond acceptors (Lipinski definition) is 2. The molecule has 0 aliphatic rings. The zero-order valence-electron chi connectivity index (χ0n) is 11.9. The van der Waals surface area contributed by atoms with Crippen LogP contribution in [0.2, 0.25) is 0 Å². The second-order valence-electron chi connectivity index (χ2n) is 6.69. The average Bonchev–Trinajstić information content (AvgIpc) is 2.07. The smallest absolute Gasteiger partial charge is 0.409 e. The summed E-state index contributed by atoms with van der Waals surface area (Å²) in [6.45, 7) is 16.4. The monoisotopic (exact) mass is 229 g/mol. The molecule has 0 radical (unpaired) electrons. The van der Waals surface area contributed by atoms with Crippen LogP contribution in [0.3, 0.4) is 0 Å². The molecule has 3 nitrogen and oxygen atoms in total. The molecule has 0 rings (SSSR count). The summed E-state index contributed by atoms with van der Waals surface area (Å²) in [5, 5.41) is 0.